The van der Waals surface area contributed by atoms with Crippen LogP contribution in [-0.4, -0.2) is 12.5 Å². The minimum atomic E-state index is 0.0758. The first-order valence-corrected chi connectivity index (χ1v) is 7.52. The summed E-state index contributed by atoms with van der Waals surface area (Å²) in [5.41, 5.74) is 6.80. The summed E-state index contributed by atoms with van der Waals surface area (Å²) < 4.78 is 1.02. The van der Waals surface area contributed by atoms with Crippen LogP contribution < -0.4 is 11.1 Å². The van der Waals surface area contributed by atoms with Crippen molar-refractivity contribution < 1.29 is 4.79 Å². The number of rotatable bonds is 7. The van der Waals surface area contributed by atoms with E-state index >= 15 is 0 Å². The molecule has 1 aromatic rings. The lowest BCUT2D eigenvalue weighted by Crippen LogP contribution is -2.28. The highest BCUT2D eigenvalue weighted by molar-refractivity contribution is 9.10. The molecule has 4 heteroatoms. The van der Waals surface area contributed by atoms with Crippen LogP contribution in [0.1, 0.15) is 32.3 Å². The van der Waals surface area contributed by atoms with Crippen LogP contribution in [0.2, 0.25) is 0 Å². The predicted molar refractivity (Wildman–Crippen MR) is 82.6 cm³/mol. The average Bonchev–Trinajstić information content (AvgIpc) is 2.36. The lowest BCUT2D eigenvalue weighted by Gasteiger charge is -2.16. The Morgan fingerprint density at radius 1 is 1.37 bits per heavy atom. The van der Waals surface area contributed by atoms with E-state index in [1.807, 2.05) is 24.3 Å². The molecule has 0 radical (unpaired) electrons. The van der Waals surface area contributed by atoms with Crippen LogP contribution >= 0.6 is 15.9 Å². The third-order valence-electron chi connectivity index (χ3n) is 3.05. The van der Waals surface area contributed by atoms with Gasteiger partial charge in [-0.1, -0.05) is 48.0 Å². The number of amides is 1. The van der Waals surface area contributed by atoms with Crippen LogP contribution in [0.15, 0.2) is 28.7 Å². The number of benzene rings is 1. The summed E-state index contributed by atoms with van der Waals surface area (Å²) in [4.78, 5) is 11.9. The monoisotopic (exact) mass is 326 g/mol. The average molecular weight is 327 g/mol. The van der Waals surface area contributed by atoms with E-state index in [0.29, 0.717) is 25.4 Å². The van der Waals surface area contributed by atoms with Crippen molar-refractivity contribution in [2.45, 2.75) is 33.2 Å². The molecule has 0 spiro atoms. The lowest BCUT2D eigenvalue weighted by atomic mass is 9.94. The molecule has 1 amide bonds. The number of hydrogen-bond donors (Lipinski definition) is 2. The number of hydrogen-bond acceptors (Lipinski definition) is 2. The maximum absolute atomic E-state index is 11.9. The van der Waals surface area contributed by atoms with E-state index < -0.39 is 0 Å². The van der Waals surface area contributed by atoms with E-state index in [1.54, 1.807) is 0 Å². The second-order valence-corrected chi connectivity index (χ2v) is 6.16. The first-order valence-electron chi connectivity index (χ1n) is 6.73. The zero-order chi connectivity index (χ0) is 14.3. The lowest BCUT2D eigenvalue weighted by molar-refractivity contribution is -0.122. The van der Waals surface area contributed by atoms with Gasteiger partial charge in [-0.05, 0) is 36.4 Å². The fourth-order valence-corrected chi connectivity index (χ4v) is 2.52. The molecular formula is C15H23BrN2O. The van der Waals surface area contributed by atoms with Gasteiger partial charge in [-0.25, -0.2) is 0 Å². The maximum atomic E-state index is 11.9. The Hall–Kier alpha value is -0.870. The van der Waals surface area contributed by atoms with Crippen LogP contribution in [-0.2, 0) is 11.3 Å². The second-order valence-electron chi connectivity index (χ2n) is 5.30. The van der Waals surface area contributed by atoms with Crippen LogP contribution in [0.25, 0.3) is 0 Å². The molecule has 0 unspecified atom stereocenters. The van der Waals surface area contributed by atoms with Crippen molar-refractivity contribution in [1.29, 1.82) is 0 Å². The third kappa shape index (κ3) is 6.21. The van der Waals surface area contributed by atoms with Crippen molar-refractivity contribution in [2.75, 3.05) is 6.54 Å². The van der Waals surface area contributed by atoms with Gasteiger partial charge in [0.2, 0.25) is 5.91 Å². The topological polar surface area (TPSA) is 55.1 Å². The third-order valence-corrected chi connectivity index (χ3v) is 3.82. The van der Waals surface area contributed by atoms with Gasteiger partial charge in [0, 0.05) is 17.4 Å². The number of carbonyl (C=O) groups excluding carboxylic acids is 1. The van der Waals surface area contributed by atoms with Gasteiger partial charge < -0.3 is 11.1 Å². The van der Waals surface area contributed by atoms with Gasteiger partial charge in [0.15, 0.2) is 0 Å². The van der Waals surface area contributed by atoms with Gasteiger partial charge in [0.1, 0.15) is 0 Å². The van der Waals surface area contributed by atoms with Gasteiger partial charge in [-0.15, -0.1) is 0 Å². The Bertz CT molecular complexity index is 407. The van der Waals surface area contributed by atoms with Crippen molar-refractivity contribution >= 4 is 21.8 Å². The van der Waals surface area contributed by atoms with E-state index in [2.05, 4.69) is 35.1 Å². The smallest absolute Gasteiger partial charge is 0.220 e. The van der Waals surface area contributed by atoms with E-state index in [4.69, 9.17) is 5.73 Å². The molecule has 0 aliphatic heterocycles. The Labute approximate surface area is 124 Å². The van der Waals surface area contributed by atoms with Gasteiger partial charge in [-0.3, -0.25) is 4.79 Å². The molecule has 0 aliphatic rings. The molecule has 0 heterocycles. The largest absolute Gasteiger partial charge is 0.352 e. The summed E-state index contributed by atoms with van der Waals surface area (Å²) in [6.07, 6.45) is 1.51. The molecule has 0 saturated heterocycles. The standard InChI is InChI=1S/C15H23BrN2O/c1-11(2)7-12(9-17)8-15(19)18-10-13-5-3-4-6-14(13)16/h3-6,11-12H,7-10,17H2,1-2H3,(H,18,19)/t12-/m0/s1. The molecular weight excluding hydrogens is 304 g/mol. The number of halogens is 1. The second kappa shape index (κ2) is 8.33. The molecule has 1 aromatic carbocycles. The highest BCUT2D eigenvalue weighted by atomic mass is 79.9. The van der Waals surface area contributed by atoms with Crippen molar-refractivity contribution in [3.05, 3.63) is 34.3 Å². The normalized spacial score (nSPS) is 12.5. The summed E-state index contributed by atoms with van der Waals surface area (Å²) in [6, 6.07) is 7.90. The SMILES string of the molecule is CC(C)C[C@H](CN)CC(=O)NCc1ccccc1Br. The maximum Gasteiger partial charge on any atom is 0.220 e. The number of carbonyl (C=O) groups is 1. The minimum Gasteiger partial charge on any atom is -0.352 e. The van der Waals surface area contributed by atoms with Crippen LogP contribution in [0, 0.1) is 11.8 Å². The molecule has 0 saturated carbocycles. The Kier molecular flexibility index (Phi) is 7.10. The predicted octanol–water partition coefficient (Wildman–Crippen LogP) is 3.08. The first-order chi connectivity index (χ1) is 9.02. The molecule has 1 rings (SSSR count). The fourth-order valence-electron chi connectivity index (χ4n) is 2.10. The molecule has 1 atom stereocenters. The Morgan fingerprint density at radius 3 is 2.63 bits per heavy atom. The van der Waals surface area contributed by atoms with Gasteiger partial charge >= 0.3 is 0 Å². The van der Waals surface area contributed by atoms with Crippen LogP contribution in [0.3, 0.4) is 0 Å². The number of nitrogens with one attached hydrogen (secondary N) is 1. The summed E-state index contributed by atoms with van der Waals surface area (Å²) >= 11 is 3.47. The highest BCUT2D eigenvalue weighted by Crippen LogP contribution is 2.16. The molecule has 0 aliphatic carbocycles. The van der Waals surface area contributed by atoms with E-state index in [-0.39, 0.29) is 11.8 Å². The Balaban J connectivity index is 2.41. The van der Waals surface area contributed by atoms with E-state index in [0.717, 1.165) is 16.5 Å². The summed E-state index contributed by atoms with van der Waals surface area (Å²) in [6.45, 7) is 5.43. The Morgan fingerprint density at radius 2 is 2.05 bits per heavy atom. The molecule has 3 nitrogen and oxygen atoms in total. The van der Waals surface area contributed by atoms with Gasteiger partial charge in [0.05, 0.1) is 0 Å². The van der Waals surface area contributed by atoms with Crippen LogP contribution in [0.4, 0.5) is 0 Å². The van der Waals surface area contributed by atoms with Gasteiger partial charge in [-0.2, -0.15) is 0 Å². The summed E-state index contributed by atoms with van der Waals surface area (Å²) in [5, 5.41) is 2.95. The molecule has 19 heavy (non-hydrogen) atoms. The van der Waals surface area contributed by atoms with Crippen LogP contribution in [0.5, 0.6) is 0 Å². The van der Waals surface area contributed by atoms with E-state index in [9.17, 15) is 4.79 Å². The fraction of sp³-hybridized carbons (Fsp3) is 0.533. The zero-order valence-corrected chi connectivity index (χ0v) is 13.2. The molecule has 0 fully saturated rings. The van der Waals surface area contributed by atoms with Crippen molar-refractivity contribution in [3.63, 3.8) is 0 Å². The number of nitrogens with two attached hydrogens (primary N) is 1. The summed E-state index contributed by atoms with van der Waals surface area (Å²) in [7, 11) is 0. The molecule has 0 bridgehead atoms. The van der Waals surface area contributed by atoms with E-state index in [1.165, 1.54) is 0 Å². The van der Waals surface area contributed by atoms with Crippen molar-refractivity contribution in [3.8, 4) is 0 Å². The first kappa shape index (κ1) is 16.2. The minimum absolute atomic E-state index is 0.0758. The van der Waals surface area contributed by atoms with Gasteiger partial charge in [0.25, 0.3) is 0 Å². The zero-order valence-electron chi connectivity index (χ0n) is 11.7. The molecule has 0 aromatic heterocycles. The summed E-state index contributed by atoms with van der Waals surface area (Å²) in [5.74, 6) is 0.927. The molecule has 3 N–H and O–H groups in total. The van der Waals surface area contributed by atoms with Crippen molar-refractivity contribution in [2.24, 2.45) is 17.6 Å². The highest BCUT2D eigenvalue weighted by Gasteiger charge is 2.14. The quantitative estimate of drug-likeness (QED) is 0.809. The molecule has 106 valence electrons. The van der Waals surface area contributed by atoms with Crippen molar-refractivity contribution in [1.82, 2.24) is 5.32 Å².